The molecule has 0 fully saturated rings. The first-order valence-corrected chi connectivity index (χ1v) is 7.06. The fraction of sp³-hybridized carbons (Fsp3) is 0.714. The smallest absolute Gasteiger partial charge is 0.0274 e. The van der Waals surface area contributed by atoms with Crippen molar-refractivity contribution in [3.05, 3.63) is 21.4 Å². The lowest BCUT2D eigenvalue weighted by Gasteiger charge is -2.35. The van der Waals surface area contributed by atoms with Crippen LogP contribution in [0.3, 0.4) is 0 Å². The highest BCUT2D eigenvalue weighted by molar-refractivity contribution is 7.12. The second-order valence-electron chi connectivity index (χ2n) is 5.96. The van der Waals surface area contributed by atoms with Gasteiger partial charge in [0.1, 0.15) is 0 Å². The molecular formula is C14H26N2S. The van der Waals surface area contributed by atoms with Crippen LogP contribution in [0, 0.1) is 12.3 Å². The van der Waals surface area contributed by atoms with Gasteiger partial charge in [0.25, 0.3) is 0 Å². The molecule has 1 aromatic rings. The Morgan fingerprint density at radius 3 is 2.41 bits per heavy atom. The monoisotopic (exact) mass is 254 g/mol. The van der Waals surface area contributed by atoms with Gasteiger partial charge in [-0.3, -0.25) is 4.90 Å². The van der Waals surface area contributed by atoms with Crippen molar-refractivity contribution in [2.45, 2.75) is 53.8 Å². The molecule has 0 bridgehead atoms. The van der Waals surface area contributed by atoms with Gasteiger partial charge in [0, 0.05) is 28.9 Å². The maximum atomic E-state index is 5.69. The van der Waals surface area contributed by atoms with Gasteiger partial charge in [0.15, 0.2) is 0 Å². The predicted molar refractivity (Wildman–Crippen MR) is 77.3 cm³/mol. The maximum Gasteiger partial charge on any atom is 0.0274 e. The van der Waals surface area contributed by atoms with Crippen molar-refractivity contribution in [2.24, 2.45) is 11.1 Å². The Bertz CT molecular complexity index is 363. The van der Waals surface area contributed by atoms with E-state index in [2.05, 4.69) is 52.6 Å². The number of hydrogen-bond acceptors (Lipinski definition) is 3. The van der Waals surface area contributed by atoms with Gasteiger partial charge in [-0.15, -0.1) is 11.3 Å². The van der Waals surface area contributed by atoms with Crippen molar-refractivity contribution in [1.29, 1.82) is 0 Å². The summed E-state index contributed by atoms with van der Waals surface area (Å²) in [5, 5.41) is 0. The van der Waals surface area contributed by atoms with Crippen LogP contribution < -0.4 is 5.73 Å². The average Bonchev–Trinajstić information content (AvgIpc) is 2.57. The quantitative estimate of drug-likeness (QED) is 0.892. The molecule has 0 amide bonds. The third-order valence-corrected chi connectivity index (χ3v) is 4.72. The molecule has 0 saturated carbocycles. The average molecular weight is 254 g/mol. The molecule has 1 aromatic heterocycles. The van der Waals surface area contributed by atoms with Crippen molar-refractivity contribution in [2.75, 3.05) is 7.05 Å². The van der Waals surface area contributed by atoms with Gasteiger partial charge in [0.05, 0.1) is 0 Å². The molecule has 1 heterocycles. The van der Waals surface area contributed by atoms with Gasteiger partial charge in [-0.2, -0.15) is 0 Å². The Morgan fingerprint density at radius 2 is 2.00 bits per heavy atom. The van der Waals surface area contributed by atoms with E-state index in [0.717, 1.165) is 6.54 Å². The molecule has 2 N–H and O–H groups in total. The van der Waals surface area contributed by atoms with E-state index in [1.54, 1.807) is 0 Å². The fourth-order valence-corrected chi connectivity index (χ4v) is 2.84. The molecule has 0 spiro atoms. The molecule has 0 aliphatic rings. The van der Waals surface area contributed by atoms with Crippen molar-refractivity contribution >= 4 is 11.3 Å². The van der Waals surface area contributed by atoms with Crippen molar-refractivity contribution in [1.82, 2.24) is 4.90 Å². The number of hydrogen-bond donors (Lipinski definition) is 1. The summed E-state index contributed by atoms with van der Waals surface area (Å²) in [6, 6.07) is 2.81. The summed E-state index contributed by atoms with van der Waals surface area (Å²) < 4.78 is 0. The zero-order chi connectivity index (χ0) is 13.2. The molecule has 0 aliphatic heterocycles. The van der Waals surface area contributed by atoms with Gasteiger partial charge in [-0.25, -0.2) is 0 Å². The van der Waals surface area contributed by atoms with Gasteiger partial charge >= 0.3 is 0 Å². The highest BCUT2D eigenvalue weighted by Crippen LogP contribution is 2.27. The number of nitrogens with two attached hydrogens (primary N) is 1. The van der Waals surface area contributed by atoms with Gasteiger partial charge in [-0.05, 0) is 37.9 Å². The van der Waals surface area contributed by atoms with Crippen LogP contribution in [-0.2, 0) is 13.1 Å². The second-order valence-corrected chi connectivity index (χ2v) is 7.30. The normalized spacial score (nSPS) is 14.4. The van der Waals surface area contributed by atoms with Gasteiger partial charge in [0.2, 0.25) is 0 Å². The van der Waals surface area contributed by atoms with E-state index < -0.39 is 0 Å². The van der Waals surface area contributed by atoms with E-state index in [-0.39, 0.29) is 0 Å². The highest BCUT2D eigenvalue weighted by atomic mass is 32.1. The molecule has 1 unspecified atom stereocenters. The second kappa shape index (κ2) is 5.51. The third kappa shape index (κ3) is 3.80. The molecule has 0 aromatic carbocycles. The standard InChI is InChI=1S/C14H26N2S/c1-10-12(7-13(8-15)17-10)9-16(6)11(2)14(3,4)5/h7,11H,8-9,15H2,1-6H3. The lowest BCUT2D eigenvalue weighted by Crippen LogP contribution is -2.38. The van der Waals surface area contributed by atoms with E-state index in [4.69, 9.17) is 5.73 Å². The first-order chi connectivity index (χ1) is 7.75. The van der Waals surface area contributed by atoms with E-state index in [1.165, 1.54) is 15.3 Å². The Balaban J connectivity index is 2.74. The molecule has 98 valence electrons. The summed E-state index contributed by atoms with van der Waals surface area (Å²) in [6.45, 7) is 13.0. The minimum Gasteiger partial charge on any atom is -0.326 e. The van der Waals surface area contributed by atoms with Crippen LogP contribution in [0.15, 0.2) is 6.07 Å². The summed E-state index contributed by atoms with van der Waals surface area (Å²) in [5.74, 6) is 0. The van der Waals surface area contributed by atoms with Crippen LogP contribution in [0.2, 0.25) is 0 Å². The Hall–Kier alpha value is -0.380. The lowest BCUT2D eigenvalue weighted by molar-refractivity contribution is 0.134. The van der Waals surface area contributed by atoms with Crippen LogP contribution in [-0.4, -0.2) is 18.0 Å². The molecule has 0 radical (unpaired) electrons. The molecular weight excluding hydrogens is 228 g/mol. The van der Waals surface area contributed by atoms with Crippen LogP contribution >= 0.6 is 11.3 Å². The van der Waals surface area contributed by atoms with E-state index in [9.17, 15) is 0 Å². The molecule has 3 heteroatoms. The summed E-state index contributed by atoms with van der Waals surface area (Å²) in [5.41, 5.74) is 7.43. The SMILES string of the molecule is Cc1sc(CN)cc1CN(C)C(C)C(C)(C)C. The first-order valence-electron chi connectivity index (χ1n) is 6.24. The number of thiophene rings is 1. The Kier molecular flexibility index (Phi) is 4.76. The van der Waals surface area contributed by atoms with Gasteiger partial charge in [-0.1, -0.05) is 20.8 Å². The lowest BCUT2D eigenvalue weighted by atomic mass is 9.87. The van der Waals surface area contributed by atoms with Crippen LogP contribution in [0.1, 0.15) is 43.0 Å². The number of nitrogens with zero attached hydrogens (tertiary/aromatic N) is 1. The first kappa shape index (κ1) is 14.7. The Labute approximate surface area is 110 Å². The summed E-state index contributed by atoms with van der Waals surface area (Å²) >= 11 is 1.82. The van der Waals surface area contributed by atoms with Gasteiger partial charge < -0.3 is 5.73 Å². The zero-order valence-corrected chi connectivity index (χ0v) is 12.8. The molecule has 1 rings (SSSR count). The van der Waals surface area contributed by atoms with E-state index >= 15 is 0 Å². The summed E-state index contributed by atoms with van der Waals surface area (Å²) in [6.07, 6.45) is 0. The van der Waals surface area contributed by atoms with Crippen molar-refractivity contribution < 1.29 is 0 Å². The Morgan fingerprint density at radius 1 is 1.41 bits per heavy atom. The minimum atomic E-state index is 0.315. The van der Waals surface area contributed by atoms with Crippen LogP contribution in [0.4, 0.5) is 0 Å². The molecule has 1 atom stereocenters. The highest BCUT2D eigenvalue weighted by Gasteiger charge is 2.24. The molecule has 0 saturated heterocycles. The molecule has 17 heavy (non-hydrogen) atoms. The number of aryl methyl sites for hydroxylation is 1. The fourth-order valence-electron chi connectivity index (χ4n) is 1.91. The summed E-state index contributed by atoms with van der Waals surface area (Å²) in [4.78, 5) is 5.11. The maximum absolute atomic E-state index is 5.69. The molecule has 2 nitrogen and oxygen atoms in total. The largest absolute Gasteiger partial charge is 0.326 e. The summed E-state index contributed by atoms with van der Waals surface area (Å²) in [7, 11) is 2.20. The molecule has 0 aliphatic carbocycles. The zero-order valence-electron chi connectivity index (χ0n) is 12.0. The van der Waals surface area contributed by atoms with Crippen molar-refractivity contribution in [3.63, 3.8) is 0 Å². The van der Waals surface area contributed by atoms with Crippen LogP contribution in [0.5, 0.6) is 0 Å². The van der Waals surface area contributed by atoms with E-state index in [0.29, 0.717) is 18.0 Å². The number of rotatable bonds is 4. The predicted octanol–water partition coefficient (Wildman–Crippen LogP) is 3.38. The van der Waals surface area contributed by atoms with E-state index in [1.807, 2.05) is 11.3 Å². The van der Waals surface area contributed by atoms with Crippen LogP contribution in [0.25, 0.3) is 0 Å². The third-order valence-electron chi connectivity index (χ3n) is 3.61. The van der Waals surface area contributed by atoms with Crippen molar-refractivity contribution in [3.8, 4) is 0 Å². The minimum absolute atomic E-state index is 0.315. The topological polar surface area (TPSA) is 29.3 Å².